The van der Waals surface area contributed by atoms with Crippen LogP contribution in [0.15, 0.2) is 67.9 Å². The highest BCUT2D eigenvalue weighted by atomic mass is 16.2. The third kappa shape index (κ3) is 3.49. The number of hydrogen-bond acceptors (Lipinski definition) is 4. The highest BCUT2D eigenvalue weighted by Crippen LogP contribution is 2.42. The molecule has 0 radical (unpaired) electrons. The van der Waals surface area contributed by atoms with Crippen LogP contribution in [0.25, 0.3) is 44.5 Å². The van der Waals surface area contributed by atoms with Gasteiger partial charge in [-0.25, -0.2) is 4.98 Å². The number of aryl methyl sites for hydroxylation is 3. The van der Waals surface area contributed by atoms with E-state index < -0.39 is 0 Å². The molecule has 0 aliphatic heterocycles. The molecule has 1 amide bonds. The van der Waals surface area contributed by atoms with Crippen molar-refractivity contribution in [3.8, 4) is 33.5 Å². The van der Waals surface area contributed by atoms with Gasteiger partial charge in [0.25, 0.3) is 0 Å². The highest BCUT2D eigenvalue weighted by Gasteiger charge is 2.21. The fourth-order valence-electron chi connectivity index (χ4n) is 4.35. The zero-order chi connectivity index (χ0) is 24.0. The van der Waals surface area contributed by atoms with Crippen molar-refractivity contribution < 1.29 is 4.79 Å². The van der Waals surface area contributed by atoms with Crippen molar-refractivity contribution >= 4 is 22.6 Å². The number of nitrogens with zero attached hydrogens (tertiary/aromatic N) is 6. The first-order valence-corrected chi connectivity index (χ1v) is 10.9. The summed E-state index contributed by atoms with van der Waals surface area (Å²) in [6.45, 7) is 5.71. The highest BCUT2D eigenvalue weighted by molar-refractivity contribution is 6.07. The summed E-state index contributed by atoms with van der Waals surface area (Å²) in [4.78, 5) is 22.1. The number of carbonyl (C=O) groups is 1. The van der Waals surface area contributed by atoms with Gasteiger partial charge >= 0.3 is 0 Å². The second-order valence-corrected chi connectivity index (χ2v) is 8.35. The maximum absolute atomic E-state index is 12.2. The molecule has 0 saturated heterocycles. The lowest BCUT2D eigenvalue weighted by atomic mass is 9.95. The Labute approximate surface area is 197 Å². The number of likely N-dealkylation sites (N-methyl/N-ethyl adjacent to an activating group) is 1. The van der Waals surface area contributed by atoms with Crippen molar-refractivity contribution in [2.45, 2.75) is 6.92 Å². The Balaban J connectivity index is 1.80. The average molecular weight is 452 g/mol. The summed E-state index contributed by atoms with van der Waals surface area (Å²) in [6.07, 6.45) is 10.8. The van der Waals surface area contributed by atoms with Gasteiger partial charge in [-0.3, -0.25) is 14.2 Å². The van der Waals surface area contributed by atoms with Crippen LogP contribution in [0.1, 0.15) is 5.56 Å². The zero-order valence-corrected chi connectivity index (χ0v) is 19.6. The molecule has 0 atom stereocenters. The molecule has 1 aromatic carbocycles. The molecule has 1 N–H and O–H groups in total. The zero-order valence-electron chi connectivity index (χ0n) is 19.6. The molecular formula is C26H25N7O. The first-order chi connectivity index (χ1) is 16.4. The van der Waals surface area contributed by atoms with Crippen LogP contribution in [0.5, 0.6) is 0 Å². The second kappa shape index (κ2) is 8.15. The van der Waals surface area contributed by atoms with Crippen molar-refractivity contribution in [3.05, 3.63) is 73.5 Å². The Morgan fingerprint density at radius 1 is 1.06 bits per heavy atom. The predicted octanol–water partition coefficient (Wildman–Crippen LogP) is 4.49. The maximum atomic E-state index is 12.2. The number of fused-ring (bicyclic) bond motifs is 1. The molecule has 0 unspecified atom stereocenters. The number of H-pyrrole nitrogens is 1. The van der Waals surface area contributed by atoms with Crippen LogP contribution in [0.3, 0.4) is 0 Å². The first-order valence-electron chi connectivity index (χ1n) is 10.9. The van der Waals surface area contributed by atoms with Gasteiger partial charge in [-0.2, -0.15) is 10.2 Å². The van der Waals surface area contributed by atoms with Crippen molar-refractivity contribution in [1.82, 2.24) is 29.5 Å². The molecule has 8 heteroatoms. The smallest absolute Gasteiger partial charge is 0.250 e. The maximum Gasteiger partial charge on any atom is 0.250 e. The van der Waals surface area contributed by atoms with E-state index in [2.05, 4.69) is 28.7 Å². The molecule has 0 bridgehead atoms. The number of nitrogens with one attached hydrogen (secondary N) is 1. The lowest BCUT2D eigenvalue weighted by Crippen LogP contribution is -2.23. The minimum Gasteiger partial charge on any atom is -0.339 e. The number of amides is 1. The Bertz CT molecular complexity index is 1550. The number of pyridine rings is 1. The SMILES string of the molecule is C=CC(=O)N(C)c1cccc(-c2c(-c3cnn(C)c3)[nH]c3ncc(-c4cnn(C)c4)c(C)c23)c1. The molecule has 0 spiro atoms. The first kappa shape index (κ1) is 21.4. The minimum atomic E-state index is -0.166. The van der Waals surface area contributed by atoms with Crippen LogP contribution in [0.2, 0.25) is 0 Å². The fraction of sp³-hybridized carbons (Fsp3) is 0.154. The van der Waals surface area contributed by atoms with Gasteiger partial charge < -0.3 is 9.88 Å². The average Bonchev–Trinajstić information content (AvgIpc) is 3.56. The summed E-state index contributed by atoms with van der Waals surface area (Å²) in [5, 5.41) is 9.72. The summed E-state index contributed by atoms with van der Waals surface area (Å²) < 4.78 is 3.56. The minimum absolute atomic E-state index is 0.166. The number of anilines is 1. The summed E-state index contributed by atoms with van der Waals surface area (Å²) >= 11 is 0. The predicted molar refractivity (Wildman–Crippen MR) is 134 cm³/mol. The van der Waals surface area contributed by atoms with Gasteiger partial charge in [0.2, 0.25) is 5.91 Å². The molecule has 4 aromatic heterocycles. The van der Waals surface area contributed by atoms with Gasteiger partial charge in [-0.05, 0) is 36.3 Å². The monoisotopic (exact) mass is 451 g/mol. The van der Waals surface area contributed by atoms with Crippen LogP contribution >= 0.6 is 0 Å². The number of carbonyl (C=O) groups excluding carboxylic acids is 1. The van der Waals surface area contributed by atoms with Gasteiger partial charge in [0.05, 0.1) is 18.1 Å². The Morgan fingerprint density at radius 3 is 2.41 bits per heavy atom. The van der Waals surface area contributed by atoms with Crippen molar-refractivity contribution in [2.24, 2.45) is 14.1 Å². The van der Waals surface area contributed by atoms with Crippen molar-refractivity contribution in [3.63, 3.8) is 0 Å². The molecule has 0 fully saturated rings. The van der Waals surface area contributed by atoms with E-state index in [9.17, 15) is 4.79 Å². The molecule has 34 heavy (non-hydrogen) atoms. The molecular weight excluding hydrogens is 426 g/mol. The normalized spacial score (nSPS) is 11.2. The number of rotatable bonds is 5. The molecule has 0 aliphatic carbocycles. The van der Waals surface area contributed by atoms with Gasteiger partial charge in [0, 0.05) is 73.1 Å². The summed E-state index contributed by atoms with van der Waals surface area (Å²) in [5.74, 6) is -0.166. The van der Waals surface area contributed by atoms with Crippen molar-refractivity contribution in [2.75, 3.05) is 11.9 Å². The lowest BCUT2D eigenvalue weighted by Gasteiger charge is -2.17. The van der Waals surface area contributed by atoms with E-state index in [-0.39, 0.29) is 5.91 Å². The Kier molecular flexibility index (Phi) is 5.13. The summed E-state index contributed by atoms with van der Waals surface area (Å²) in [5.41, 5.74) is 8.57. The van der Waals surface area contributed by atoms with Gasteiger partial charge in [-0.15, -0.1) is 0 Å². The molecule has 0 aliphatic rings. The fourth-order valence-corrected chi connectivity index (χ4v) is 4.35. The van der Waals surface area contributed by atoms with Gasteiger partial charge in [0.15, 0.2) is 0 Å². The molecule has 4 heterocycles. The molecule has 8 nitrogen and oxygen atoms in total. The van der Waals surface area contributed by atoms with E-state index in [4.69, 9.17) is 4.98 Å². The third-order valence-electron chi connectivity index (χ3n) is 6.12. The molecule has 5 aromatic rings. The summed E-state index contributed by atoms with van der Waals surface area (Å²) in [6, 6.07) is 7.93. The van der Waals surface area contributed by atoms with Crippen LogP contribution in [-0.2, 0) is 18.9 Å². The topological polar surface area (TPSA) is 84.6 Å². The quantitative estimate of drug-likeness (QED) is 0.399. The lowest BCUT2D eigenvalue weighted by molar-refractivity contribution is -0.113. The van der Waals surface area contributed by atoms with E-state index >= 15 is 0 Å². The van der Waals surface area contributed by atoms with E-state index in [1.165, 1.54) is 6.08 Å². The standard InChI is InChI=1S/C26H25N7O/c1-6-22(34)33(5)20-9-7-8-17(10-20)24-23-16(2)21(18-11-28-31(3)14-18)13-27-26(23)30-25(24)19-12-29-32(4)15-19/h6-15H,1H2,2-5H3,(H,27,30). The summed E-state index contributed by atoms with van der Waals surface area (Å²) in [7, 11) is 5.54. The molecule has 0 saturated carbocycles. The number of hydrogen-bond donors (Lipinski definition) is 1. The number of aromatic amines is 1. The Morgan fingerprint density at radius 2 is 1.76 bits per heavy atom. The molecule has 5 rings (SSSR count). The number of aromatic nitrogens is 6. The second-order valence-electron chi connectivity index (χ2n) is 8.35. The van der Waals surface area contributed by atoms with Crippen LogP contribution in [0, 0.1) is 6.92 Å². The van der Waals surface area contributed by atoms with Crippen LogP contribution in [-0.4, -0.2) is 42.5 Å². The van der Waals surface area contributed by atoms with Crippen LogP contribution < -0.4 is 4.90 Å². The Hall–Kier alpha value is -4.46. The molecule has 170 valence electrons. The third-order valence-corrected chi connectivity index (χ3v) is 6.12. The van der Waals surface area contributed by atoms with Gasteiger partial charge in [-0.1, -0.05) is 18.7 Å². The van der Waals surface area contributed by atoms with E-state index in [1.807, 2.05) is 69.3 Å². The van der Waals surface area contributed by atoms with Gasteiger partial charge in [0.1, 0.15) is 5.65 Å². The van der Waals surface area contributed by atoms with E-state index in [1.54, 1.807) is 21.3 Å². The largest absolute Gasteiger partial charge is 0.339 e. The number of benzene rings is 1. The van der Waals surface area contributed by atoms with E-state index in [0.717, 1.165) is 55.8 Å². The van der Waals surface area contributed by atoms with Crippen LogP contribution in [0.4, 0.5) is 5.69 Å². The van der Waals surface area contributed by atoms with E-state index in [0.29, 0.717) is 0 Å². The van der Waals surface area contributed by atoms with Crippen molar-refractivity contribution in [1.29, 1.82) is 0 Å².